The van der Waals surface area contributed by atoms with Crippen molar-refractivity contribution in [2.45, 2.75) is 0 Å². The number of para-hydroxylation sites is 1. The molecule has 0 saturated carbocycles. The molecule has 0 amide bonds. The normalized spacial score (nSPS) is 10.1. The summed E-state index contributed by atoms with van der Waals surface area (Å²) in [6.07, 6.45) is 0. The second-order valence-electron chi connectivity index (χ2n) is 3.36. The number of phenolic OH excluding ortho intramolecular Hbond substituents is 1. The third-order valence-electron chi connectivity index (χ3n) is 2.29. The second-order valence-corrected chi connectivity index (χ2v) is 3.36. The van der Waals surface area contributed by atoms with E-state index in [2.05, 4.69) is 0 Å². The third kappa shape index (κ3) is 1.72. The quantitative estimate of drug-likeness (QED) is 0.488. The Morgan fingerprint density at radius 2 is 1.47 bits per heavy atom. The summed E-state index contributed by atoms with van der Waals surface area (Å²) in [6.45, 7) is 0. The van der Waals surface area contributed by atoms with Gasteiger partial charge >= 0.3 is 0 Å². The summed E-state index contributed by atoms with van der Waals surface area (Å²) in [7, 11) is 0. The van der Waals surface area contributed by atoms with E-state index in [0.717, 1.165) is 11.1 Å². The molecule has 0 atom stereocenters. The first kappa shape index (κ1) is 9.40. The molecule has 0 heterocycles. The number of anilines is 2. The SMILES string of the molecule is Nc1ccccc1-c1cc(O)ccc1N. The highest BCUT2D eigenvalue weighted by atomic mass is 16.3. The highest BCUT2D eigenvalue weighted by molar-refractivity contribution is 5.84. The summed E-state index contributed by atoms with van der Waals surface area (Å²) in [5, 5.41) is 9.39. The van der Waals surface area contributed by atoms with Crippen molar-refractivity contribution in [3.63, 3.8) is 0 Å². The minimum Gasteiger partial charge on any atom is -0.508 e. The first-order valence-corrected chi connectivity index (χ1v) is 4.62. The molecule has 3 heteroatoms. The number of phenols is 1. The minimum absolute atomic E-state index is 0.183. The van der Waals surface area contributed by atoms with Crippen LogP contribution in [0.1, 0.15) is 0 Å². The number of aromatic hydroxyl groups is 1. The number of nitrogens with two attached hydrogens (primary N) is 2. The predicted molar refractivity (Wildman–Crippen MR) is 62.4 cm³/mol. The summed E-state index contributed by atoms with van der Waals surface area (Å²) in [6, 6.07) is 12.3. The Balaban J connectivity index is 2.64. The van der Waals surface area contributed by atoms with Gasteiger partial charge in [-0.3, -0.25) is 0 Å². The molecule has 2 aromatic rings. The Bertz CT molecular complexity index is 495. The van der Waals surface area contributed by atoms with Crippen molar-refractivity contribution >= 4 is 11.4 Å². The van der Waals surface area contributed by atoms with Gasteiger partial charge in [0.2, 0.25) is 0 Å². The average Bonchev–Trinajstić information content (AvgIpc) is 2.23. The molecule has 0 radical (unpaired) electrons. The zero-order chi connectivity index (χ0) is 10.8. The van der Waals surface area contributed by atoms with Gasteiger partial charge in [0, 0.05) is 22.5 Å². The van der Waals surface area contributed by atoms with Crippen LogP contribution in [0.15, 0.2) is 42.5 Å². The molecule has 0 aliphatic rings. The smallest absolute Gasteiger partial charge is 0.116 e. The van der Waals surface area contributed by atoms with Crippen LogP contribution in [0.5, 0.6) is 5.75 Å². The van der Waals surface area contributed by atoms with Crippen molar-refractivity contribution < 1.29 is 5.11 Å². The standard InChI is InChI=1S/C12H12N2O/c13-11-4-2-1-3-9(11)10-7-8(15)5-6-12(10)14/h1-7,15H,13-14H2. The molecule has 0 spiro atoms. The molecular weight excluding hydrogens is 188 g/mol. The molecule has 0 aliphatic heterocycles. The maximum atomic E-state index is 9.39. The highest BCUT2D eigenvalue weighted by Gasteiger charge is 2.06. The summed E-state index contributed by atoms with van der Waals surface area (Å²) in [4.78, 5) is 0. The maximum Gasteiger partial charge on any atom is 0.116 e. The van der Waals surface area contributed by atoms with Gasteiger partial charge in [-0.2, -0.15) is 0 Å². The zero-order valence-electron chi connectivity index (χ0n) is 8.14. The second kappa shape index (κ2) is 3.53. The Hall–Kier alpha value is -2.16. The Morgan fingerprint density at radius 1 is 0.800 bits per heavy atom. The molecule has 5 N–H and O–H groups in total. The third-order valence-corrected chi connectivity index (χ3v) is 2.29. The Labute approximate surface area is 88.0 Å². The predicted octanol–water partition coefficient (Wildman–Crippen LogP) is 2.22. The van der Waals surface area contributed by atoms with Crippen molar-refractivity contribution in [1.29, 1.82) is 0 Å². The number of benzene rings is 2. The van der Waals surface area contributed by atoms with Gasteiger partial charge in [0.1, 0.15) is 5.75 Å². The lowest BCUT2D eigenvalue weighted by atomic mass is 10.0. The number of nitrogen functional groups attached to an aromatic ring is 2. The van der Waals surface area contributed by atoms with E-state index in [1.165, 1.54) is 0 Å². The highest BCUT2D eigenvalue weighted by Crippen LogP contribution is 2.32. The van der Waals surface area contributed by atoms with Crippen LogP contribution in [0.2, 0.25) is 0 Å². The van der Waals surface area contributed by atoms with E-state index in [0.29, 0.717) is 11.4 Å². The van der Waals surface area contributed by atoms with Crippen molar-refractivity contribution in [2.75, 3.05) is 11.5 Å². The van der Waals surface area contributed by atoms with Crippen LogP contribution < -0.4 is 11.5 Å². The van der Waals surface area contributed by atoms with E-state index in [-0.39, 0.29) is 5.75 Å². The average molecular weight is 200 g/mol. The summed E-state index contributed by atoms with van der Waals surface area (Å²) in [5.74, 6) is 0.183. The molecule has 0 unspecified atom stereocenters. The molecule has 0 aromatic heterocycles. The van der Waals surface area contributed by atoms with Crippen LogP contribution in [-0.4, -0.2) is 5.11 Å². The Kier molecular flexibility index (Phi) is 2.21. The fourth-order valence-electron chi connectivity index (χ4n) is 1.52. The topological polar surface area (TPSA) is 72.3 Å². The van der Waals surface area contributed by atoms with E-state index >= 15 is 0 Å². The largest absolute Gasteiger partial charge is 0.508 e. The maximum absolute atomic E-state index is 9.39. The fraction of sp³-hybridized carbons (Fsp3) is 0. The van der Waals surface area contributed by atoms with E-state index < -0.39 is 0 Å². The summed E-state index contributed by atoms with van der Waals surface area (Å²) >= 11 is 0. The lowest BCUT2D eigenvalue weighted by Crippen LogP contribution is -1.93. The molecule has 0 fully saturated rings. The van der Waals surface area contributed by atoms with Crippen LogP contribution in [0.25, 0.3) is 11.1 Å². The lowest BCUT2D eigenvalue weighted by Gasteiger charge is -2.08. The van der Waals surface area contributed by atoms with E-state index in [9.17, 15) is 5.11 Å². The molecule has 2 rings (SSSR count). The van der Waals surface area contributed by atoms with E-state index in [1.54, 1.807) is 24.3 Å². The minimum atomic E-state index is 0.183. The van der Waals surface area contributed by atoms with Crippen molar-refractivity contribution in [2.24, 2.45) is 0 Å². The summed E-state index contributed by atoms with van der Waals surface area (Å²) in [5.41, 5.74) is 14.5. The molecule has 0 bridgehead atoms. The van der Waals surface area contributed by atoms with Crippen molar-refractivity contribution in [3.8, 4) is 16.9 Å². The van der Waals surface area contributed by atoms with Gasteiger partial charge in [0.15, 0.2) is 0 Å². The number of hydrogen-bond donors (Lipinski definition) is 3. The van der Waals surface area contributed by atoms with Crippen LogP contribution in [0, 0.1) is 0 Å². The van der Waals surface area contributed by atoms with Crippen molar-refractivity contribution in [3.05, 3.63) is 42.5 Å². The lowest BCUT2D eigenvalue weighted by molar-refractivity contribution is 0.475. The van der Waals surface area contributed by atoms with Gasteiger partial charge in [-0.05, 0) is 24.3 Å². The van der Waals surface area contributed by atoms with Gasteiger partial charge in [-0.25, -0.2) is 0 Å². The van der Waals surface area contributed by atoms with Crippen LogP contribution in [-0.2, 0) is 0 Å². The summed E-state index contributed by atoms with van der Waals surface area (Å²) < 4.78 is 0. The molecule has 3 nitrogen and oxygen atoms in total. The molecular formula is C12H12N2O. The number of rotatable bonds is 1. The van der Waals surface area contributed by atoms with Crippen LogP contribution in [0.3, 0.4) is 0 Å². The van der Waals surface area contributed by atoms with Gasteiger partial charge in [0.25, 0.3) is 0 Å². The fourth-order valence-corrected chi connectivity index (χ4v) is 1.52. The monoisotopic (exact) mass is 200 g/mol. The molecule has 2 aromatic carbocycles. The van der Waals surface area contributed by atoms with E-state index in [1.807, 2.05) is 18.2 Å². The van der Waals surface area contributed by atoms with Crippen LogP contribution in [0.4, 0.5) is 11.4 Å². The van der Waals surface area contributed by atoms with Crippen LogP contribution >= 0.6 is 0 Å². The first-order chi connectivity index (χ1) is 7.18. The van der Waals surface area contributed by atoms with Gasteiger partial charge < -0.3 is 16.6 Å². The molecule has 15 heavy (non-hydrogen) atoms. The van der Waals surface area contributed by atoms with Gasteiger partial charge in [-0.15, -0.1) is 0 Å². The number of hydrogen-bond acceptors (Lipinski definition) is 3. The first-order valence-electron chi connectivity index (χ1n) is 4.62. The van der Waals surface area contributed by atoms with E-state index in [4.69, 9.17) is 11.5 Å². The van der Waals surface area contributed by atoms with Crippen molar-refractivity contribution in [1.82, 2.24) is 0 Å². The zero-order valence-corrected chi connectivity index (χ0v) is 8.14. The molecule has 0 saturated heterocycles. The Morgan fingerprint density at radius 3 is 2.20 bits per heavy atom. The van der Waals surface area contributed by atoms with Gasteiger partial charge in [-0.1, -0.05) is 18.2 Å². The molecule has 0 aliphatic carbocycles. The molecule has 76 valence electrons. The van der Waals surface area contributed by atoms with Gasteiger partial charge in [0.05, 0.1) is 0 Å².